The van der Waals surface area contributed by atoms with Gasteiger partial charge in [-0.2, -0.15) is 0 Å². The summed E-state index contributed by atoms with van der Waals surface area (Å²) in [5.74, 6) is 1.50. The minimum atomic E-state index is -0.286. The summed E-state index contributed by atoms with van der Waals surface area (Å²) in [5, 5.41) is 5.92. The Morgan fingerprint density at radius 3 is 3.14 bits per heavy atom. The van der Waals surface area contributed by atoms with E-state index in [9.17, 15) is 4.79 Å². The third-order valence-electron chi connectivity index (χ3n) is 3.60. The highest BCUT2D eigenvalue weighted by Gasteiger charge is 2.26. The van der Waals surface area contributed by atoms with Crippen LogP contribution in [0.15, 0.2) is 17.6 Å². The van der Waals surface area contributed by atoms with Crippen LogP contribution in [0.1, 0.15) is 23.9 Å². The molecule has 2 aromatic rings. The van der Waals surface area contributed by atoms with Crippen molar-refractivity contribution in [2.75, 3.05) is 25.0 Å². The Labute approximate surface area is 132 Å². The van der Waals surface area contributed by atoms with Crippen LogP contribution in [0.5, 0.6) is 0 Å². The molecule has 0 radical (unpaired) electrons. The molecule has 3 N–H and O–H groups in total. The monoisotopic (exact) mass is 318 g/mol. The average molecular weight is 318 g/mol. The van der Waals surface area contributed by atoms with Crippen LogP contribution in [0.2, 0.25) is 0 Å². The van der Waals surface area contributed by atoms with E-state index in [1.165, 1.54) is 11.3 Å². The Balaban J connectivity index is 1.74. The molecule has 1 unspecified atom stereocenters. The van der Waals surface area contributed by atoms with E-state index in [0.717, 1.165) is 42.0 Å². The number of rotatable bonds is 5. The molecule has 1 saturated heterocycles. The molecule has 8 heteroatoms. The summed E-state index contributed by atoms with van der Waals surface area (Å²) in [4.78, 5) is 26.2. The van der Waals surface area contributed by atoms with Crippen molar-refractivity contribution < 1.29 is 4.79 Å². The Hall–Kier alpha value is -2.06. The largest absolute Gasteiger partial charge is 0.369 e. The van der Waals surface area contributed by atoms with Crippen LogP contribution in [0, 0.1) is 6.92 Å². The Morgan fingerprint density at radius 2 is 2.41 bits per heavy atom. The third kappa shape index (κ3) is 3.58. The number of nitrogens with two attached hydrogens (primary N) is 1. The number of hydrogen-bond acceptors (Lipinski definition) is 7. The summed E-state index contributed by atoms with van der Waals surface area (Å²) in [6.07, 6.45) is 2.72. The van der Waals surface area contributed by atoms with Crippen LogP contribution in [-0.2, 0) is 4.79 Å². The van der Waals surface area contributed by atoms with Gasteiger partial charge in [0.2, 0.25) is 5.91 Å². The lowest BCUT2D eigenvalue weighted by molar-refractivity contribution is -0.118. The van der Waals surface area contributed by atoms with Gasteiger partial charge in [0, 0.05) is 30.1 Å². The van der Waals surface area contributed by atoms with E-state index in [4.69, 9.17) is 5.73 Å². The number of carbonyl (C=O) groups excluding carboxylic acids is 1. The molecule has 0 spiro atoms. The van der Waals surface area contributed by atoms with Gasteiger partial charge >= 0.3 is 0 Å². The first kappa shape index (κ1) is 14.9. The van der Waals surface area contributed by atoms with Crippen molar-refractivity contribution in [2.45, 2.75) is 19.3 Å². The van der Waals surface area contributed by atoms with Gasteiger partial charge in [-0.1, -0.05) is 0 Å². The predicted molar refractivity (Wildman–Crippen MR) is 85.2 cm³/mol. The van der Waals surface area contributed by atoms with Crippen LogP contribution in [0.4, 0.5) is 10.9 Å². The fraction of sp³-hybridized carbons (Fsp3) is 0.429. The van der Waals surface area contributed by atoms with Gasteiger partial charge in [0.05, 0.1) is 12.2 Å². The lowest BCUT2D eigenvalue weighted by atomic mass is 10.0. The quantitative estimate of drug-likeness (QED) is 0.861. The molecule has 1 aliphatic heterocycles. The molecule has 3 heterocycles. The highest BCUT2D eigenvalue weighted by atomic mass is 32.1. The van der Waals surface area contributed by atoms with Crippen molar-refractivity contribution in [3.63, 3.8) is 0 Å². The van der Waals surface area contributed by atoms with Gasteiger partial charge in [0.1, 0.15) is 11.6 Å². The lowest BCUT2D eigenvalue weighted by Gasteiger charge is -2.14. The van der Waals surface area contributed by atoms with E-state index < -0.39 is 0 Å². The zero-order valence-electron chi connectivity index (χ0n) is 12.3. The van der Waals surface area contributed by atoms with Crippen molar-refractivity contribution in [1.82, 2.24) is 19.9 Å². The number of nitrogens with one attached hydrogen (secondary N) is 1. The molecule has 7 nitrogen and oxygen atoms in total. The summed E-state index contributed by atoms with van der Waals surface area (Å²) in [5.41, 5.74) is 6.26. The number of carbonyl (C=O) groups is 1. The van der Waals surface area contributed by atoms with Crippen LogP contribution < -0.4 is 11.1 Å². The zero-order chi connectivity index (χ0) is 15.5. The molecule has 0 saturated carbocycles. The van der Waals surface area contributed by atoms with E-state index >= 15 is 0 Å². The number of aryl methyl sites for hydroxylation is 1. The number of anilines is 2. The maximum absolute atomic E-state index is 11.0. The molecule has 1 amide bonds. The standard InChI is InChI=1S/C14H18N6OS/c1-9-17-11(10-2-4-20(7-10)8-12(15)21)6-13(18-9)19-14-16-3-5-22-14/h3,5-6,10H,2,4,7-8H2,1H3,(H2,15,21)(H,16,17,18,19). The SMILES string of the molecule is Cc1nc(Nc2nccs2)cc(C2CCN(CC(N)=O)C2)n1. The summed E-state index contributed by atoms with van der Waals surface area (Å²) < 4.78 is 0. The summed E-state index contributed by atoms with van der Waals surface area (Å²) >= 11 is 1.53. The molecule has 3 rings (SSSR count). The maximum Gasteiger partial charge on any atom is 0.231 e. The van der Waals surface area contributed by atoms with E-state index in [2.05, 4.69) is 25.2 Å². The van der Waals surface area contributed by atoms with Crippen LogP contribution in [0.3, 0.4) is 0 Å². The molecule has 0 bridgehead atoms. The summed E-state index contributed by atoms with van der Waals surface area (Å²) in [6, 6.07) is 1.97. The normalized spacial score (nSPS) is 18.5. The second kappa shape index (κ2) is 6.37. The first-order valence-electron chi connectivity index (χ1n) is 7.13. The van der Waals surface area contributed by atoms with E-state index in [1.807, 2.05) is 18.4 Å². The number of hydrogen-bond donors (Lipinski definition) is 2. The van der Waals surface area contributed by atoms with Gasteiger partial charge in [-0.3, -0.25) is 9.69 Å². The van der Waals surface area contributed by atoms with Crippen molar-refractivity contribution >= 4 is 28.2 Å². The average Bonchev–Trinajstić information content (AvgIpc) is 3.09. The van der Waals surface area contributed by atoms with Crippen molar-refractivity contribution in [2.24, 2.45) is 5.73 Å². The van der Waals surface area contributed by atoms with Gasteiger partial charge in [-0.05, 0) is 19.9 Å². The first-order chi connectivity index (χ1) is 10.6. The summed E-state index contributed by atoms with van der Waals surface area (Å²) in [6.45, 7) is 3.86. The molecule has 2 aromatic heterocycles. The van der Waals surface area contributed by atoms with Crippen LogP contribution in [-0.4, -0.2) is 45.4 Å². The highest BCUT2D eigenvalue weighted by molar-refractivity contribution is 7.13. The van der Waals surface area contributed by atoms with Crippen LogP contribution in [0.25, 0.3) is 0 Å². The van der Waals surface area contributed by atoms with Gasteiger partial charge in [0.15, 0.2) is 5.13 Å². The Morgan fingerprint density at radius 1 is 1.55 bits per heavy atom. The number of primary amides is 1. The summed E-state index contributed by atoms with van der Waals surface area (Å²) in [7, 11) is 0. The number of nitrogens with zero attached hydrogens (tertiary/aromatic N) is 4. The Kier molecular flexibility index (Phi) is 4.30. The number of thiazole rings is 1. The molecular weight excluding hydrogens is 300 g/mol. The predicted octanol–water partition coefficient (Wildman–Crippen LogP) is 1.26. The van der Waals surface area contributed by atoms with Gasteiger partial charge in [0.25, 0.3) is 0 Å². The van der Waals surface area contributed by atoms with Crippen molar-refractivity contribution in [3.8, 4) is 0 Å². The van der Waals surface area contributed by atoms with Gasteiger partial charge in [-0.25, -0.2) is 15.0 Å². The number of amides is 1. The van der Waals surface area contributed by atoms with Crippen molar-refractivity contribution in [3.05, 3.63) is 29.2 Å². The molecule has 0 aliphatic carbocycles. The fourth-order valence-electron chi connectivity index (χ4n) is 2.70. The van der Waals surface area contributed by atoms with E-state index in [1.54, 1.807) is 6.20 Å². The van der Waals surface area contributed by atoms with Gasteiger partial charge in [-0.15, -0.1) is 11.3 Å². The third-order valence-corrected chi connectivity index (χ3v) is 4.28. The molecular formula is C14H18N6OS. The molecule has 1 aliphatic rings. The van der Waals surface area contributed by atoms with Crippen LogP contribution >= 0.6 is 11.3 Å². The van der Waals surface area contributed by atoms with E-state index in [0.29, 0.717) is 12.5 Å². The molecule has 1 fully saturated rings. The minimum Gasteiger partial charge on any atom is -0.369 e. The molecule has 116 valence electrons. The van der Waals surface area contributed by atoms with E-state index in [-0.39, 0.29) is 5.91 Å². The molecule has 0 aromatic carbocycles. The minimum absolute atomic E-state index is 0.286. The van der Waals surface area contributed by atoms with Crippen molar-refractivity contribution in [1.29, 1.82) is 0 Å². The second-order valence-electron chi connectivity index (χ2n) is 5.37. The molecule has 1 atom stereocenters. The number of likely N-dealkylation sites (tertiary alicyclic amines) is 1. The lowest BCUT2D eigenvalue weighted by Crippen LogP contribution is -2.31. The zero-order valence-corrected chi connectivity index (χ0v) is 13.1. The first-order valence-corrected chi connectivity index (χ1v) is 8.01. The fourth-order valence-corrected chi connectivity index (χ4v) is 3.23. The van der Waals surface area contributed by atoms with Gasteiger partial charge < -0.3 is 11.1 Å². The second-order valence-corrected chi connectivity index (χ2v) is 6.27. The maximum atomic E-state index is 11.0. The molecule has 22 heavy (non-hydrogen) atoms. The highest BCUT2D eigenvalue weighted by Crippen LogP contribution is 2.27. The smallest absolute Gasteiger partial charge is 0.231 e. The topological polar surface area (TPSA) is 97.0 Å². The Bertz CT molecular complexity index is 659. The number of aromatic nitrogens is 3.